The van der Waals surface area contributed by atoms with Gasteiger partial charge in [-0.25, -0.2) is 4.39 Å². The van der Waals surface area contributed by atoms with Crippen molar-refractivity contribution < 1.29 is 19.0 Å². The molecule has 2 saturated heterocycles. The van der Waals surface area contributed by atoms with Crippen LogP contribution in [0.3, 0.4) is 0 Å². The third kappa shape index (κ3) is 5.72. The molecule has 0 aliphatic carbocycles. The molecule has 6 nitrogen and oxygen atoms in total. The van der Waals surface area contributed by atoms with Gasteiger partial charge in [0.15, 0.2) is 0 Å². The molecule has 1 aromatic carbocycles. The van der Waals surface area contributed by atoms with Crippen molar-refractivity contribution in [1.29, 1.82) is 0 Å². The molecule has 1 unspecified atom stereocenters. The summed E-state index contributed by atoms with van der Waals surface area (Å²) >= 11 is 0. The molecule has 27 heavy (non-hydrogen) atoms. The van der Waals surface area contributed by atoms with Crippen LogP contribution in [0.2, 0.25) is 0 Å². The second-order valence-electron chi connectivity index (χ2n) is 7.84. The van der Waals surface area contributed by atoms with Gasteiger partial charge in [-0.05, 0) is 39.0 Å². The lowest BCUT2D eigenvalue weighted by atomic mass is 10.0. The van der Waals surface area contributed by atoms with E-state index in [1.54, 1.807) is 35.0 Å². The Morgan fingerprint density at radius 3 is 2.78 bits per heavy atom. The Morgan fingerprint density at radius 1 is 1.30 bits per heavy atom. The minimum atomic E-state index is -1.04. The summed E-state index contributed by atoms with van der Waals surface area (Å²) in [4.78, 5) is 18.5. The third-order valence-electron chi connectivity index (χ3n) is 5.23. The molecule has 150 valence electrons. The lowest BCUT2D eigenvalue weighted by molar-refractivity contribution is -0.135. The number of likely N-dealkylation sites (N-methyl/N-ethyl adjacent to an activating group) is 1. The number of aliphatic hydroxyl groups is 1. The Morgan fingerprint density at radius 2 is 2.04 bits per heavy atom. The lowest BCUT2D eigenvalue weighted by Crippen LogP contribution is -2.54. The minimum Gasteiger partial charge on any atom is -0.384 e. The first-order valence-corrected chi connectivity index (χ1v) is 9.67. The van der Waals surface area contributed by atoms with Crippen molar-refractivity contribution >= 4 is 5.91 Å². The van der Waals surface area contributed by atoms with Gasteiger partial charge >= 0.3 is 0 Å². The van der Waals surface area contributed by atoms with Crippen molar-refractivity contribution in [3.63, 3.8) is 0 Å². The topological polar surface area (TPSA) is 56.3 Å². The standard InChI is InChI=1S/C20H30FN3O3/c1-22(12-17-6-2-3-7-18(17)21)13-19(25)24-10-11-27-16-20(26,15-24)14-23-8-4-5-9-23/h2-3,6-7,26H,4-5,8-16H2,1H3. The molecule has 3 rings (SSSR count). The molecule has 1 amide bonds. The molecule has 2 aliphatic heterocycles. The maximum Gasteiger partial charge on any atom is 0.236 e. The third-order valence-corrected chi connectivity index (χ3v) is 5.23. The highest BCUT2D eigenvalue weighted by Gasteiger charge is 2.36. The predicted molar refractivity (Wildman–Crippen MR) is 101 cm³/mol. The summed E-state index contributed by atoms with van der Waals surface area (Å²) in [5.74, 6) is -0.334. The first-order valence-electron chi connectivity index (χ1n) is 9.67. The number of amides is 1. The van der Waals surface area contributed by atoms with Crippen LogP contribution in [0.15, 0.2) is 24.3 Å². The van der Waals surface area contributed by atoms with Crippen LogP contribution in [0.4, 0.5) is 4.39 Å². The molecular weight excluding hydrogens is 349 g/mol. The summed E-state index contributed by atoms with van der Waals surface area (Å²) < 4.78 is 19.4. The first kappa shape index (κ1) is 20.2. The van der Waals surface area contributed by atoms with E-state index in [4.69, 9.17) is 4.74 Å². The quantitative estimate of drug-likeness (QED) is 0.797. The van der Waals surface area contributed by atoms with Gasteiger partial charge in [-0.15, -0.1) is 0 Å². The summed E-state index contributed by atoms with van der Waals surface area (Å²) in [5, 5.41) is 11.0. The normalized spacial score (nSPS) is 24.4. The molecule has 1 aromatic rings. The van der Waals surface area contributed by atoms with E-state index in [0.717, 1.165) is 25.9 Å². The van der Waals surface area contributed by atoms with Crippen LogP contribution in [-0.4, -0.2) is 90.8 Å². The minimum absolute atomic E-state index is 0.0702. The molecule has 0 radical (unpaired) electrons. The smallest absolute Gasteiger partial charge is 0.236 e. The van der Waals surface area contributed by atoms with Gasteiger partial charge < -0.3 is 19.6 Å². The molecule has 0 spiro atoms. The molecule has 1 N–H and O–H groups in total. The zero-order valence-corrected chi connectivity index (χ0v) is 16.1. The number of nitrogens with zero attached hydrogens (tertiary/aromatic N) is 3. The number of ether oxygens (including phenoxy) is 1. The zero-order valence-electron chi connectivity index (χ0n) is 16.1. The molecule has 2 heterocycles. The van der Waals surface area contributed by atoms with Crippen LogP contribution in [0.5, 0.6) is 0 Å². The highest BCUT2D eigenvalue weighted by molar-refractivity contribution is 5.78. The highest BCUT2D eigenvalue weighted by atomic mass is 19.1. The number of hydrogen-bond acceptors (Lipinski definition) is 5. The van der Waals surface area contributed by atoms with Crippen LogP contribution in [0, 0.1) is 5.82 Å². The van der Waals surface area contributed by atoms with Crippen LogP contribution in [-0.2, 0) is 16.1 Å². The van der Waals surface area contributed by atoms with Crippen LogP contribution >= 0.6 is 0 Å². The monoisotopic (exact) mass is 379 g/mol. The number of hydrogen-bond donors (Lipinski definition) is 1. The molecule has 0 aromatic heterocycles. The van der Waals surface area contributed by atoms with Crippen molar-refractivity contribution in [3.8, 4) is 0 Å². The Bertz CT molecular complexity index is 639. The number of rotatable bonds is 6. The van der Waals surface area contributed by atoms with E-state index >= 15 is 0 Å². The molecular formula is C20H30FN3O3. The number of benzene rings is 1. The highest BCUT2D eigenvalue weighted by Crippen LogP contribution is 2.18. The predicted octanol–water partition coefficient (Wildman–Crippen LogP) is 0.943. The molecule has 7 heteroatoms. The van der Waals surface area contributed by atoms with E-state index < -0.39 is 5.60 Å². The van der Waals surface area contributed by atoms with E-state index in [9.17, 15) is 14.3 Å². The van der Waals surface area contributed by atoms with Gasteiger partial charge in [-0.2, -0.15) is 0 Å². The van der Waals surface area contributed by atoms with Crippen LogP contribution in [0.25, 0.3) is 0 Å². The Hall–Kier alpha value is -1.54. The van der Waals surface area contributed by atoms with Gasteiger partial charge in [0.25, 0.3) is 0 Å². The fourth-order valence-corrected chi connectivity index (χ4v) is 3.89. The zero-order chi connectivity index (χ0) is 19.3. The van der Waals surface area contributed by atoms with E-state index in [2.05, 4.69) is 4.90 Å². The number of carbonyl (C=O) groups excluding carboxylic acids is 1. The maximum absolute atomic E-state index is 13.8. The molecule has 0 bridgehead atoms. The summed E-state index contributed by atoms with van der Waals surface area (Å²) in [6, 6.07) is 6.60. The fourth-order valence-electron chi connectivity index (χ4n) is 3.89. The van der Waals surface area contributed by atoms with E-state index in [0.29, 0.717) is 31.8 Å². The summed E-state index contributed by atoms with van der Waals surface area (Å²) in [5.41, 5.74) is -0.474. The van der Waals surface area contributed by atoms with Crippen LogP contribution < -0.4 is 0 Å². The first-order chi connectivity index (χ1) is 13.0. The van der Waals surface area contributed by atoms with E-state index in [1.807, 2.05) is 0 Å². The van der Waals surface area contributed by atoms with Gasteiger partial charge in [0.2, 0.25) is 5.91 Å². The van der Waals surface area contributed by atoms with Crippen molar-refractivity contribution in [2.75, 3.05) is 59.5 Å². The van der Waals surface area contributed by atoms with Gasteiger partial charge in [0.1, 0.15) is 11.4 Å². The summed E-state index contributed by atoms with van der Waals surface area (Å²) in [6.07, 6.45) is 2.31. The van der Waals surface area contributed by atoms with Gasteiger partial charge in [-0.3, -0.25) is 9.69 Å². The Kier molecular flexibility index (Phi) is 6.81. The molecule has 1 atom stereocenters. The van der Waals surface area contributed by atoms with Crippen LogP contribution in [0.1, 0.15) is 18.4 Å². The average Bonchev–Trinajstić information content (AvgIpc) is 3.04. The average molecular weight is 379 g/mol. The fraction of sp³-hybridized carbons (Fsp3) is 0.650. The number of β-amino-alcohol motifs (C(OH)–C–C–N with tert-alkyl or cyclic N) is 1. The Balaban J connectivity index is 1.56. The van der Waals surface area contributed by atoms with E-state index in [-0.39, 0.29) is 31.4 Å². The van der Waals surface area contributed by atoms with Gasteiger partial charge in [0.05, 0.1) is 26.3 Å². The SMILES string of the molecule is CN(CC(=O)N1CCOCC(O)(CN2CCCC2)C1)Cc1ccccc1F. The summed E-state index contributed by atoms with van der Waals surface area (Å²) in [6.45, 7) is 4.45. The van der Waals surface area contributed by atoms with E-state index in [1.165, 1.54) is 6.07 Å². The van der Waals surface area contributed by atoms with Crippen molar-refractivity contribution in [1.82, 2.24) is 14.7 Å². The second kappa shape index (κ2) is 9.10. The Labute approximate surface area is 160 Å². The number of halogens is 1. The molecule has 2 fully saturated rings. The maximum atomic E-state index is 13.8. The van der Waals surface area contributed by atoms with Crippen molar-refractivity contribution in [2.45, 2.75) is 25.0 Å². The number of carbonyl (C=O) groups is 1. The molecule has 2 aliphatic rings. The molecule has 0 saturated carbocycles. The largest absolute Gasteiger partial charge is 0.384 e. The van der Waals surface area contributed by atoms with Gasteiger partial charge in [0, 0.05) is 25.2 Å². The second-order valence-corrected chi connectivity index (χ2v) is 7.84. The number of likely N-dealkylation sites (tertiary alicyclic amines) is 1. The summed E-state index contributed by atoms with van der Waals surface area (Å²) in [7, 11) is 1.80. The lowest BCUT2D eigenvalue weighted by Gasteiger charge is -2.34. The van der Waals surface area contributed by atoms with Crippen molar-refractivity contribution in [2.24, 2.45) is 0 Å². The van der Waals surface area contributed by atoms with Crippen molar-refractivity contribution in [3.05, 3.63) is 35.6 Å². The van der Waals surface area contributed by atoms with Gasteiger partial charge in [-0.1, -0.05) is 18.2 Å².